The van der Waals surface area contributed by atoms with Crippen LogP contribution in [-0.4, -0.2) is 35.9 Å². The van der Waals surface area contributed by atoms with Crippen LogP contribution < -0.4 is 9.47 Å². The van der Waals surface area contributed by atoms with Gasteiger partial charge < -0.3 is 14.6 Å². The van der Waals surface area contributed by atoms with Gasteiger partial charge in [0.05, 0.1) is 0 Å². The Kier molecular flexibility index (Phi) is 3.72. The van der Waals surface area contributed by atoms with Crippen molar-refractivity contribution in [3.8, 4) is 11.5 Å². The molecule has 0 aliphatic carbocycles. The Bertz CT molecular complexity index is 443. The summed E-state index contributed by atoms with van der Waals surface area (Å²) in [7, 11) is 0. The average molecular weight is 251 g/mol. The monoisotopic (exact) mass is 251 g/mol. The average Bonchev–Trinajstić information content (AvgIpc) is 2.82. The summed E-state index contributed by atoms with van der Waals surface area (Å²) in [4.78, 5) is 13.3. The van der Waals surface area contributed by atoms with E-state index in [-0.39, 0.29) is 6.79 Å². The summed E-state index contributed by atoms with van der Waals surface area (Å²) in [6.45, 7) is 5.46. The van der Waals surface area contributed by atoms with Crippen LogP contribution in [0, 0.1) is 0 Å². The van der Waals surface area contributed by atoms with Crippen LogP contribution in [0.4, 0.5) is 0 Å². The Morgan fingerprint density at radius 3 is 2.61 bits per heavy atom. The predicted molar refractivity (Wildman–Crippen MR) is 65.9 cm³/mol. The molecule has 1 aromatic carbocycles. The lowest BCUT2D eigenvalue weighted by molar-refractivity contribution is -0.143. The van der Waals surface area contributed by atoms with Gasteiger partial charge in [0.2, 0.25) is 6.79 Å². The molecular weight excluding hydrogens is 234 g/mol. The Morgan fingerprint density at radius 2 is 2.00 bits per heavy atom. The Balaban J connectivity index is 2.34. The quantitative estimate of drug-likeness (QED) is 0.865. The van der Waals surface area contributed by atoms with Crippen molar-refractivity contribution >= 4 is 5.97 Å². The molecule has 0 saturated carbocycles. The second-order valence-corrected chi connectivity index (χ2v) is 4.07. The number of carbonyl (C=O) groups is 1. The molecule has 1 N–H and O–H groups in total. The normalized spacial score (nSPS) is 14.8. The van der Waals surface area contributed by atoms with Crippen LogP contribution in [0.3, 0.4) is 0 Å². The molecular formula is C13H17NO4. The van der Waals surface area contributed by atoms with Crippen LogP contribution in [0.5, 0.6) is 11.5 Å². The highest BCUT2D eigenvalue weighted by atomic mass is 16.7. The smallest absolute Gasteiger partial charge is 0.325 e. The maximum absolute atomic E-state index is 11.4. The van der Waals surface area contributed by atoms with Crippen molar-refractivity contribution in [2.45, 2.75) is 19.9 Å². The zero-order valence-corrected chi connectivity index (χ0v) is 10.5. The van der Waals surface area contributed by atoms with Gasteiger partial charge in [-0.3, -0.25) is 9.69 Å². The molecule has 5 nitrogen and oxygen atoms in total. The molecule has 0 amide bonds. The van der Waals surface area contributed by atoms with E-state index >= 15 is 0 Å². The van der Waals surface area contributed by atoms with Crippen molar-refractivity contribution < 1.29 is 19.4 Å². The number of hydrogen-bond acceptors (Lipinski definition) is 4. The van der Waals surface area contributed by atoms with Gasteiger partial charge in [-0.05, 0) is 30.8 Å². The number of carboxylic acids is 1. The second-order valence-electron chi connectivity index (χ2n) is 4.07. The fourth-order valence-electron chi connectivity index (χ4n) is 2.18. The lowest BCUT2D eigenvalue weighted by Crippen LogP contribution is -2.33. The SMILES string of the molecule is CCN(CC)C(C(=O)O)c1ccc2c(c1)OCO2. The van der Waals surface area contributed by atoms with E-state index in [0.29, 0.717) is 24.6 Å². The Morgan fingerprint density at radius 1 is 1.33 bits per heavy atom. The van der Waals surface area contributed by atoms with Crippen molar-refractivity contribution in [3.63, 3.8) is 0 Å². The summed E-state index contributed by atoms with van der Waals surface area (Å²) < 4.78 is 10.5. The van der Waals surface area contributed by atoms with Crippen molar-refractivity contribution in [2.75, 3.05) is 19.9 Å². The van der Waals surface area contributed by atoms with E-state index in [9.17, 15) is 9.90 Å². The minimum atomic E-state index is -0.849. The third kappa shape index (κ3) is 2.26. The van der Waals surface area contributed by atoms with Gasteiger partial charge >= 0.3 is 5.97 Å². The highest BCUT2D eigenvalue weighted by molar-refractivity contribution is 5.76. The second kappa shape index (κ2) is 5.27. The van der Waals surface area contributed by atoms with Crippen LogP contribution in [-0.2, 0) is 4.79 Å². The summed E-state index contributed by atoms with van der Waals surface area (Å²) >= 11 is 0. The first-order valence-electron chi connectivity index (χ1n) is 6.03. The molecule has 0 bridgehead atoms. The van der Waals surface area contributed by atoms with Crippen LogP contribution >= 0.6 is 0 Å². The maximum atomic E-state index is 11.4. The largest absolute Gasteiger partial charge is 0.480 e. The number of benzene rings is 1. The third-order valence-corrected chi connectivity index (χ3v) is 3.12. The Labute approximate surface area is 106 Å². The molecule has 0 aromatic heterocycles. The number of carboxylic acid groups (broad SMARTS) is 1. The number of ether oxygens (including phenoxy) is 2. The molecule has 0 spiro atoms. The third-order valence-electron chi connectivity index (χ3n) is 3.12. The summed E-state index contributed by atoms with van der Waals surface area (Å²) in [5.41, 5.74) is 0.718. The first kappa shape index (κ1) is 12.7. The van der Waals surface area contributed by atoms with E-state index in [0.717, 1.165) is 5.56 Å². The first-order chi connectivity index (χ1) is 8.67. The van der Waals surface area contributed by atoms with Gasteiger partial charge in [-0.2, -0.15) is 0 Å². The van der Waals surface area contributed by atoms with Gasteiger partial charge in [0.1, 0.15) is 6.04 Å². The fourth-order valence-corrected chi connectivity index (χ4v) is 2.18. The summed E-state index contributed by atoms with van der Waals surface area (Å²) in [6, 6.07) is 4.65. The molecule has 5 heteroatoms. The number of aliphatic carboxylic acids is 1. The number of rotatable bonds is 5. The molecule has 1 atom stereocenters. The number of hydrogen-bond donors (Lipinski definition) is 1. The molecule has 0 saturated heterocycles. The topological polar surface area (TPSA) is 59.0 Å². The number of fused-ring (bicyclic) bond motifs is 1. The van der Waals surface area contributed by atoms with E-state index in [2.05, 4.69) is 0 Å². The van der Waals surface area contributed by atoms with Gasteiger partial charge in [0.15, 0.2) is 11.5 Å². The zero-order chi connectivity index (χ0) is 13.1. The fraction of sp³-hybridized carbons (Fsp3) is 0.462. The van der Waals surface area contributed by atoms with Gasteiger partial charge in [-0.1, -0.05) is 19.9 Å². The van der Waals surface area contributed by atoms with Crippen LogP contribution in [0.2, 0.25) is 0 Å². The minimum Gasteiger partial charge on any atom is -0.480 e. The van der Waals surface area contributed by atoms with E-state index in [1.165, 1.54) is 0 Å². The highest BCUT2D eigenvalue weighted by Gasteiger charge is 2.27. The molecule has 1 aliphatic heterocycles. The zero-order valence-electron chi connectivity index (χ0n) is 10.5. The summed E-state index contributed by atoms with van der Waals surface area (Å²) in [5, 5.41) is 9.39. The molecule has 1 unspecified atom stereocenters. The van der Waals surface area contributed by atoms with E-state index in [4.69, 9.17) is 9.47 Å². The van der Waals surface area contributed by atoms with Crippen molar-refractivity contribution in [2.24, 2.45) is 0 Å². The van der Waals surface area contributed by atoms with Crippen LogP contribution in [0.25, 0.3) is 0 Å². The molecule has 2 rings (SSSR count). The predicted octanol–water partition coefficient (Wildman–Crippen LogP) is 1.88. The first-order valence-corrected chi connectivity index (χ1v) is 6.03. The molecule has 98 valence electrons. The highest BCUT2D eigenvalue weighted by Crippen LogP contribution is 2.35. The molecule has 0 fully saturated rings. The lowest BCUT2D eigenvalue weighted by Gasteiger charge is -2.26. The van der Waals surface area contributed by atoms with Gasteiger partial charge in [0.25, 0.3) is 0 Å². The van der Waals surface area contributed by atoms with Crippen LogP contribution in [0.15, 0.2) is 18.2 Å². The number of nitrogens with zero attached hydrogens (tertiary/aromatic N) is 1. The summed E-state index contributed by atoms with van der Waals surface area (Å²) in [5.74, 6) is 0.436. The molecule has 18 heavy (non-hydrogen) atoms. The van der Waals surface area contributed by atoms with Gasteiger partial charge in [0, 0.05) is 0 Å². The maximum Gasteiger partial charge on any atom is 0.325 e. The molecule has 1 aliphatic rings. The standard InChI is InChI=1S/C13H17NO4/c1-3-14(4-2)12(13(15)16)9-5-6-10-11(7-9)18-8-17-10/h5-7,12H,3-4,8H2,1-2H3,(H,15,16). The summed E-state index contributed by atoms with van der Waals surface area (Å²) in [6.07, 6.45) is 0. The van der Waals surface area contributed by atoms with E-state index < -0.39 is 12.0 Å². The van der Waals surface area contributed by atoms with E-state index in [1.807, 2.05) is 18.7 Å². The van der Waals surface area contributed by atoms with Gasteiger partial charge in [-0.25, -0.2) is 0 Å². The molecule has 0 radical (unpaired) electrons. The molecule has 1 heterocycles. The van der Waals surface area contributed by atoms with Crippen molar-refractivity contribution in [3.05, 3.63) is 23.8 Å². The van der Waals surface area contributed by atoms with Gasteiger partial charge in [-0.15, -0.1) is 0 Å². The van der Waals surface area contributed by atoms with Crippen LogP contribution in [0.1, 0.15) is 25.5 Å². The van der Waals surface area contributed by atoms with E-state index in [1.54, 1.807) is 18.2 Å². The Hall–Kier alpha value is -1.75. The lowest BCUT2D eigenvalue weighted by atomic mass is 10.0. The minimum absolute atomic E-state index is 0.196. The number of likely N-dealkylation sites (N-methyl/N-ethyl adjacent to an activating group) is 1. The molecule has 1 aromatic rings. The van der Waals surface area contributed by atoms with Crippen molar-refractivity contribution in [1.29, 1.82) is 0 Å². The van der Waals surface area contributed by atoms with Crippen molar-refractivity contribution in [1.82, 2.24) is 4.90 Å².